The van der Waals surface area contributed by atoms with Crippen LogP contribution in [0.25, 0.3) is 50.3 Å². The second kappa shape index (κ2) is 13.5. The summed E-state index contributed by atoms with van der Waals surface area (Å²) >= 11 is 7.10. The number of halogens is 1. The second-order valence-electron chi connectivity index (χ2n) is 14.7. The van der Waals surface area contributed by atoms with Crippen LogP contribution in [0.15, 0.2) is 163 Å². The van der Waals surface area contributed by atoms with Gasteiger partial charge < -0.3 is 9.31 Å². The van der Waals surface area contributed by atoms with E-state index in [0.29, 0.717) is 17.3 Å². The molecule has 0 saturated carbocycles. The molecule has 2 heterocycles. The van der Waals surface area contributed by atoms with E-state index in [-0.39, 0.29) is 0 Å². The molecule has 5 aromatic carbocycles. The summed E-state index contributed by atoms with van der Waals surface area (Å²) < 4.78 is 13.8. The van der Waals surface area contributed by atoms with Crippen LogP contribution < -0.4 is 0 Å². The fourth-order valence-electron chi connectivity index (χ4n) is 7.04. The van der Waals surface area contributed by atoms with Gasteiger partial charge in [-0.1, -0.05) is 157 Å². The molecule has 1 fully saturated rings. The summed E-state index contributed by atoms with van der Waals surface area (Å²) in [6, 6.07) is 50.4. The lowest BCUT2D eigenvalue weighted by Crippen LogP contribution is -2.47. The van der Waals surface area contributed by atoms with E-state index >= 15 is 0 Å². The Morgan fingerprint density at radius 2 is 0.904 bits per heavy atom. The summed E-state index contributed by atoms with van der Waals surface area (Å²) in [7, 11) is -0.706. The lowest BCUT2D eigenvalue weighted by molar-refractivity contribution is 0.00578. The molecule has 1 aliphatic heterocycles. The van der Waals surface area contributed by atoms with Crippen LogP contribution in [0.5, 0.6) is 0 Å². The minimum atomic E-state index is -0.944. The molecule has 1 saturated heterocycles. The van der Waals surface area contributed by atoms with E-state index in [4.69, 9.17) is 30.9 Å². The Morgan fingerprint density at radius 3 is 1.35 bits per heavy atom. The highest BCUT2D eigenvalue weighted by Gasteiger charge is 2.61. The molecule has 1 aliphatic carbocycles. The molecule has 1 unspecified atom stereocenters. The molecule has 0 radical (unpaired) electrons. The van der Waals surface area contributed by atoms with E-state index in [1.54, 1.807) is 0 Å². The van der Waals surface area contributed by atoms with Gasteiger partial charge in [-0.3, -0.25) is 0 Å². The van der Waals surface area contributed by atoms with Crippen LogP contribution in [0.2, 0.25) is 0 Å². The van der Waals surface area contributed by atoms with Crippen molar-refractivity contribution in [2.45, 2.75) is 50.6 Å². The van der Waals surface area contributed by atoms with Gasteiger partial charge in [-0.25, -0.2) is 9.97 Å². The maximum atomic E-state index is 7.10. The first-order chi connectivity index (χ1) is 25.1. The molecule has 2 aliphatic rings. The first kappa shape index (κ1) is 34.0. The molecule has 4 nitrogen and oxygen atoms in total. The molecular formula is C46H40BClN2O2. The third kappa shape index (κ3) is 6.45. The Bertz CT molecular complexity index is 2150. The van der Waals surface area contributed by atoms with E-state index in [1.165, 1.54) is 11.1 Å². The van der Waals surface area contributed by atoms with Crippen LogP contribution >= 0.6 is 11.6 Å². The molecule has 6 heteroatoms. The quantitative estimate of drug-likeness (QED) is 0.156. The van der Waals surface area contributed by atoms with Crippen LogP contribution in [-0.2, 0) is 14.6 Å². The molecule has 6 aromatic rings. The van der Waals surface area contributed by atoms with Crippen molar-refractivity contribution in [3.63, 3.8) is 0 Å². The number of aromatic nitrogens is 2. The maximum absolute atomic E-state index is 7.10. The third-order valence-electron chi connectivity index (χ3n) is 10.7. The fourth-order valence-corrected chi connectivity index (χ4v) is 7.37. The Hall–Kier alpha value is -5.07. The average Bonchev–Trinajstić information content (AvgIpc) is 3.41. The molecule has 52 heavy (non-hydrogen) atoms. The van der Waals surface area contributed by atoms with Crippen LogP contribution in [0.4, 0.5) is 0 Å². The van der Waals surface area contributed by atoms with Gasteiger partial charge >= 0.3 is 7.12 Å². The summed E-state index contributed by atoms with van der Waals surface area (Å²) in [5, 5.41) is -0.351. The summed E-state index contributed by atoms with van der Waals surface area (Å²) in [6.45, 7) is 8.31. The molecule has 0 spiro atoms. The largest absolute Gasteiger partial charge is 0.477 e. The third-order valence-corrected chi connectivity index (χ3v) is 10.9. The van der Waals surface area contributed by atoms with Crippen LogP contribution in [0.3, 0.4) is 0 Å². The van der Waals surface area contributed by atoms with Gasteiger partial charge in [-0.2, -0.15) is 0 Å². The number of rotatable bonds is 7. The molecule has 1 atom stereocenters. The molecule has 0 bridgehead atoms. The topological polar surface area (TPSA) is 44.2 Å². The van der Waals surface area contributed by atoms with Gasteiger partial charge in [0.2, 0.25) is 0 Å². The molecule has 1 aromatic heterocycles. The highest BCUT2D eigenvalue weighted by molar-refractivity contribution is 6.51. The first-order valence-electron chi connectivity index (χ1n) is 17.8. The van der Waals surface area contributed by atoms with Crippen molar-refractivity contribution < 1.29 is 9.31 Å². The van der Waals surface area contributed by atoms with Gasteiger partial charge in [-0.05, 0) is 79.6 Å². The minimum absolute atomic E-state index is 0.535. The van der Waals surface area contributed by atoms with Gasteiger partial charge in [0, 0.05) is 16.2 Å². The van der Waals surface area contributed by atoms with Crippen LogP contribution in [0.1, 0.15) is 45.5 Å². The normalized spacial score (nSPS) is 19.2. The zero-order chi connectivity index (χ0) is 35.9. The standard InChI is InChI=1S/C46H40BClN2O2/c1-44(2)45(3,4)52-47(51-44)46(30-39(28-40(48)31-46)34-18-12-7-13-19-34)43-49-41(37-24-20-35(21-25-37)32-14-8-5-9-15-32)29-42(50-43)38-26-22-36(23-27-38)33-16-10-6-11-17-33/h5-29,31H,30H2,1-4H3. The Labute approximate surface area is 312 Å². The van der Waals surface area contributed by atoms with E-state index in [1.807, 2.05) is 42.5 Å². The van der Waals surface area contributed by atoms with Gasteiger partial charge in [0.25, 0.3) is 0 Å². The van der Waals surface area contributed by atoms with E-state index in [9.17, 15) is 0 Å². The van der Waals surface area contributed by atoms with Crippen LogP contribution in [-0.4, -0.2) is 28.3 Å². The number of hydrogen-bond acceptors (Lipinski definition) is 4. The molecule has 0 amide bonds. The Balaban J connectivity index is 1.31. The van der Waals surface area contributed by atoms with Gasteiger partial charge in [0.15, 0.2) is 0 Å². The van der Waals surface area contributed by atoms with E-state index in [0.717, 1.165) is 44.8 Å². The second-order valence-corrected chi connectivity index (χ2v) is 15.2. The number of benzene rings is 5. The van der Waals surface area contributed by atoms with Gasteiger partial charge in [-0.15, -0.1) is 0 Å². The summed E-state index contributed by atoms with van der Waals surface area (Å²) in [5.74, 6) is 0.595. The lowest BCUT2D eigenvalue weighted by atomic mass is 9.52. The summed E-state index contributed by atoms with van der Waals surface area (Å²) in [4.78, 5) is 10.8. The fraction of sp³-hybridized carbons (Fsp3) is 0.174. The van der Waals surface area contributed by atoms with E-state index < -0.39 is 23.6 Å². The van der Waals surface area contributed by atoms with Crippen molar-refractivity contribution in [1.82, 2.24) is 9.97 Å². The average molecular weight is 699 g/mol. The smallest absolute Gasteiger partial charge is 0.402 e. The van der Waals surface area contributed by atoms with Gasteiger partial charge in [0.1, 0.15) is 5.82 Å². The Morgan fingerprint density at radius 1 is 0.519 bits per heavy atom. The lowest BCUT2D eigenvalue weighted by Gasteiger charge is -2.35. The van der Waals surface area contributed by atoms with Crippen molar-refractivity contribution in [2.24, 2.45) is 0 Å². The van der Waals surface area contributed by atoms with Crippen molar-refractivity contribution in [3.05, 3.63) is 174 Å². The molecule has 8 rings (SSSR count). The zero-order valence-corrected chi connectivity index (χ0v) is 30.6. The number of hydrogen-bond donors (Lipinski definition) is 0. The highest BCUT2D eigenvalue weighted by Crippen LogP contribution is 2.50. The molecule has 0 N–H and O–H groups in total. The van der Waals surface area contributed by atoms with Crippen molar-refractivity contribution in [1.29, 1.82) is 0 Å². The van der Waals surface area contributed by atoms with Crippen molar-refractivity contribution in [2.75, 3.05) is 0 Å². The van der Waals surface area contributed by atoms with Gasteiger partial charge in [0.05, 0.1) is 27.9 Å². The van der Waals surface area contributed by atoms with Crippen LogP contribution in [0, 0.1) is 0 Å². The van der Waals surface area contributed by atoms with Crippen molar-refractivity contribution in [3.8, 4) is 44.8 Å². The first-order valence-corrected chi connectivity index (χ1v) is 18.2. The number of nitrogens with zero attached hydrogens (tertiary/aromatic N) is 2. The van der Waals surface area contributed by atoms with Crippen molar-refractivity contribution >= 4 is 24.3 Å². The predicted octanol–water partition coefficient (Wildman–Crippen LogP) is 11.6. The SMILES string of the molecule is CC1(C)OB(C2(c3nc(-c4ccc(-c5ccccc5)cc4)cc(-c4ccc(-c5ccccc5)cc4)n3)C=C(Cl)C=C(c3ccccc3)C2)OC1(C)C. The maximum Gasteiger partial charge on any atom is 0.477 e. The summed E-state index contributed by atoms with van der Waals surface area (Å²) in [5.41, 5.74) is 9.19. The van der Waals surface area contributed by atoms with E-state index in [2.05, 4.69) is 143 Å². The molecule has 256 valence electrons. The molecular weight excluding hydrogens is 659 g/mol. The summed E-state index contributed by atoms with van der Waals surface area (Å²) in [6.07, 6.45) is 4.62. The highest BCUT2D eigenvalue weighted by atomic mass is 35.5. The number of allylic oxidation sites excluding steroid dienone is 4. The zero-order valence-electron chi connectivity index (χ0n) is 29.9. The Kier molecular flexibility index (Phi) is 8.83. The minimum Gasteiger partial charge on any atom is -0.402 e. The monoisotopic (exact) mass is 698 g/mol. The predicted molar refractivity (Wildman–Crippen MR) is 215 cm³/mol.